The van der Waals surface area contributed by atoms with E-state index in [1.807, 2.05) is 37.3 Å². The number of nitrogens with zero attached hydrogens (tertiary/aromatic N) is 3. The number of benzene rings is 1. The molecule has 1 unspecified atom stereocenters. The number of nitrogens with one attached hydrogen (secondary N) is 2. The lowest BCUT2D eigenvalue weighted by molar-refractivity contribution is 0.0944. The molecule has 1 saturated heterocycles. The van der Waals surface area contributed by atoms with Gasteiger partial charge in [-0.1, -0.05) is 24.3 Å². The molecule has 1 aliphatic heterocycles. The number of pyridine rings is 1. The highest BCUT2D eigenvalue weighted by Gasteiger charge is 2.24. The average molecular weight is 349 g/mol. The van der Waals surface area contributed by atoms with Crippen molar-refractivity contribution in [1.29, 1.82) is 0 Å². The Kier molecular flexibility index (Phi) is 4.67. The van der Waals surface area contributed by atoms with Crippen LogP contribution in [-0.4, -0.2) is 45.6 Å². The summed E-state index contributed by atoms with van der Waals surface area (Å²) in [5, 5.41) is 12.3. The van der Waals surface area contributed by atoms with E-state index in [2.05, 4.69) is 31.5 Å². The second-order valence-corrected chi connectivity index (χ2v) is 7.02. The van der Waals surface area contributed by atoms with Gasteiger partial charge in [0, 0.05) is 36.9 Å². The fourth-order valence-electron chi connectivity index (χ4n) is 3.63. The van der Waals surface area contributed by atoms with Crippen LogP contribution in [0.5, 0.6) is 0 Å². The molecule has 1 fully saturated rings. The summed E-state index contributed by atoms with van der Waals surface area (Å²) in [5.74, 6) is 0.372. The third kappa shape index (κ3) is 3.60. The van der Waals surface area contributed by atoms with Gasteiger partial charge in [0.05, 0.1) is 5.69 Å². The number of hydrogen-bond donors (Lipinski definition) is 2. The van der Waals surface area contributed by atoms with Gasteiger partial charge < -0.3 is 5.32 Å². The van der Waals surface area contributed by atoms with Crippen LogP contribution in [-0.2, 0) is 6.54 Å². The number of fused-ring (bicyclic) bond motifs is 1. The molecule has 1 atom stereocenters. The molecule has 0 saturated carbocycles. The predicted molar refractivity (Wildman–Crippen MR) is 101 cm³/mol. The lowest BCUT2D eigenvalue weighted by Gasteiger charge is -2.15. The fourth-order valence-corrected chi connectivity index (χ4v) is 3.63. The van der Waals surface area contributed by atoms with Crippen LogP contribution in [0, 0.1) is 12.8 Å². The van der Waals surface area contributed by atoms with Crippen molar-refractivity contribution < 1.29 is 4.79 Å². The topological polar surface area (TPSA) is 73.9 Å². The minimum Gasteiger partial charge on any atom is -0.350 e. The maximum absolute atomic E-state index is 12.6. The van der Waals surface area contributed by atoms with Crippen LogP contribution in [0.1, 0.15) is 28.3 Å². The first kappa shape index (κ1) is 16.7. The first-order valence-corrected chi connectivity index (χ1v) is 9.04. The minimum absolute atomic E-state index is 0.0943. The summed E-state index contributed by atoms with van der Waals surface area (Å²) in [4.78, 5) is 19.3. The molecule has 0 aliphatic carbocycles. The Bertz CT molecular complexity index is 914. The lowest BCUT2D eigenvalue weighted by Crippen LogP contribution is -2.31. The minimum atomic E-state index is -0.0943. The Morgan fingerprint density at radius 3 is 3.08 bits per heavy atom. The molecule has 2 aromatic heterocycles. The van der Waals surface area contributed by atoms with Crippen molar-refractivity contribution in [3.8, 4) is 0 Å². The Hall–Kier alpha value is -2.73. The summed E-state index contributed by atoms with van der Waals surface area (Å²) in [6, 6.07) is 11.9. The molecular formula is C20H23N5O. The zero-order chi connectivity index (χ0) is 17.9. The number of likely N-dealkylation sites (tertiary alicyclic amines) is 1. The van der Waals surface area contributed by atoms with Crippen molar-refractivity contribution in [3.63, 3.8) is 0 Å². The largest absolute Gasteiger partial charge is 0.350 e. The van der Waals surface area contributed by atoms with E-state index in [-0.39, 0.29) is 5.91 Å². The van der Waals surface area contributed by atoms with Crippen LogP contribution in [0.25, 0.3) is 10.8 Å². The van der Waals surface area contributed by atoms with Crippen LogP contribution in [0.15, 0.2) is 42.6 Å². The predicted octanol–water partition coefficient (Wildman–Crippen LogP) is 2.52. The highest BCUT2D eigenvalue weighted by atomic mass is 16.1. The van der Waals surface area contributed by atoms with Gasteiger partial charge in [0.2, 0.25) is 0 Å². The van der Waals surface area contributed by atoms with E-state index < -0.39 is 0 Å². The van der Waals surface area contributed by atoms with Crippen LogP contribution >= 0.6 is 0 Å². The molecule has 4 rings (SSSR count). The van der Waals surface area contributed by atoms with Crippen molar-refractivity contribution in [2.45, 2.75) is 19.9 Å². The molecule has 3 heterocycles. The Labute approximate surface area is 152 Å². The normalized spacial score (nSPS) is 17.7. The van der Waals surface area contributed by atoms with Crippen LogP contribution < -0.4 is 5.32 Å². The second kappa shape index (κ2) is 7.25. The molecule has 0 radical (unpaired) electrons. The van der Waals surface area contributed by atoms with Gasteiger partial charge in [-0.2, -0.15) is 5.10 Å². The lowest BCUT2D eigenvalue weighted by atomic mass is 10.1. The van der Waals surface area contributed by atoms with Crippen molar-refractivity contribution >= 4 is 16.7 Å². The van der Waals surface area contributed by atoms with Crippen molar-refractivity contribution in [2.24, 2.45) is 5.92 Å². The summed E-state index contributed by atoms with van der Waals surface area (Å²) in [5.41, 5.74) is 2.67. The maximum atomic E-state index is 12.6. The number of rotatable bonds is 5. The average Bonchev–Trinajstić information content (AvgIpc) is 3.28. The van der Waals surface area contributed by atoms with E-state index in [1.54, 1.807) is 6.20 Å². The summed E-state index contributed by atoms with van der Waals surface area (Å²) in [6.45, 7) is 5.58. The first-order chi connectivity index (χ1) is 12.7. The summed E-state index contributed by atoms with van der Waals surface area (Å²) >= 11 is 0. The van der Waals surface area contributed by atoms with Crippen LogP contribution in [0.3, 0.4) is 0 Å². The van der Waals surface area contributed by atoms with E-state index in [4.69, 9.17) is 0 Å². The molecule has 0 bridgehead atoms. The zero-order valence-electron chi connectivity index (χ0n) is 14.9. The van der Waals surface area contributed by atoms with Crippen molar-refractivity contribution in [2.75, 3.05) is 19.6 Å². The second-order valence-electron chi connectivity index (χ2n) is 7.02. The molecule has 3 aromatic rings. The summed E-state index contributed by atoms with van der Waals surface area (Å²) in [6.07, 6.45) is 2.78. The van der Waals surface area contributed by atoms with E-state index in [0.29, 0.717) is 18.2 Å². The fraction of sp³-hybridized carbons (Fsp3) is 0.350. The molecule has 1 aromatic carbocycles. The number of H-pyrrole nitrogens is 1. The smallest absolute Gasteiger partial charge is 0.270 e. The third-order valence-electron chi connectivity index (χ3n) is 4.95. The van der Waals surface area contributed by atoms with Crippen LogP contribution in [0.2, 0.25) is 0 Å². The van der Waals surface area contributed by atoms with Gasteiger partial charge in [0.15, 0.2) is 0 Å². The van der Waals surface area contributed by atoms with Gasteiger partial charge in [-0.3, -0.25) is 19.8 Å². The monoisotopic (exact) mass is 349 g/mol. The summed E-state index contributed by atoms with van der Waals surface area (Å²) < 4.78 is 0. The molecule has 6 nitrogen and oxygen atoms in total. The molecule has 6 heteroatoms. The Morgan fingerprint density at radius 1 is 1.35 bits per heavy atom. The Morgan fingerprint density at radius 2 is 2.23 bits per heavy atom. The standard InChI is InChI=1S/C20H23N5O/c1-14-10-17(24-23-14)13-25-9-7-15(12-25)11-22-20(26)19-18-5-3-2-4-16(18)6-8-21-19/h2-6,8,10,15H,7,9,11-13H2,1H3,(H,22,26)(H,23,24). The molecule has 1 aliphatic rings. The molecule has 134 valence electrons. The highest BCUT2D eigenvalue weighted by molar-refractivity contribution is 6.05. The SMILES string of the molecule is Cc1cc(CN2CCC(CNC(=O)c3nccc4ccccc34)C2)n[nH]1. The Balaban J connectivity index is 1.33. The van der Waals surface area contributed by atoms with Crippen LogP contribution in [0.4, 0.5) is 0 Å². The maximum Gasteiger partial charge on any atom is 0.270 e. The van der Waals surface area contributed by atoms with Crippen molar-refractivity contribution in [1.82, 2.24) is 25.4 Å². The van der Waals surface area contributed by atoms with E-state index in [0.717, 1.165) is 48.2 Å². The first-order valence-electron chi connectivity index (χ1n) is 9.04. The summed E-state index contributed by atoms with van der Waals surface area (Å²) in [7, 11) is 0. The molecule has 0 spiro atoms. The van der Waals surface area contributed by atoms with Gasteiger partial charge in [0.25, 0.3) is 5.91 Å². The zero-order valence-corrected chi connectivity index (χ0v) is 14.9. The van der Waals surface area contributed by atoms with Gasteiger partial charge in [-0.15, -0.1) is 0 Å². The quantitative estimate of drug-likeness (QED) is 0.742. The van der Waals surface area contributed by atoms with Crippen molar-refractivity contribution in [3.05, 3.63) is 59.7 Å². The number of aromatic amines is 1. The third-order valence-corrected chi connectivity index (χ3v) is 4.95. The van der Waals surface area contributed by atoms with Gasteiger partial charge in [-0.05, 0) is 43.3 Å². The number of aromatic nitrogens is 3. The van der Waals surface area contributed by atoms with Gasteiger partial charge in [0.1, 0.15) is 5.69 Å². The number of carbonyl (C=O) groups excluding carboxylic acids is 1. The van der Waals surface area contributed by atoms with E-state index in [1.165, 1.54) is 0 Å². The molecule has 26 heavy (non-hydrogen) atoms. The number of amides is 1. The van der Waals surface area contributed by atoms with Gasteiger partial charge in [-0.25, -0.2) is 0 Å². The number of hydrogen-bond acceptors (Lipinski definition) is 4. The number of carbonyl (C=O) groups is 1. The molecule has 1 amide bonds. The molecular weight excluding hydrogens is 326 g/mol. The van der Waals surface area contributed by atoms with Gasteiger partial charge >= 0.3 is 0 Å². The highest BCUT2D eigenvalue weighted by Crippen LogP contribution is 2.19. The molecule has 2 N–H and O–H groups in total. The van der Waals surface area contributed by atoms with E-state index in [9.17, 15) is 4.79 Å². The number of aryl methyl sites for hydroxylation is 1. The van der Waals surface area contributed by atoms with E-state index >= 15 is 0 Å².